The van der Waals surface area contributed by atoms with Gasteiger partial charge in [-0.25, -0.2) is 18.2 Å². The Bertz CT molecular complexity index is 1020. The van der Waals surface area contributed by atoms with Crippen LogP contribution < -0.4 is 0 Å². The average molecular weight is 416 g/mol. The number of epoxide rings is 1. The van der Waals surface area contributed by atoms with Gasteiger partial charge in [-0.1, -0.05) is 6.07 Å². The molecule has 1 aromatic heterocycles. The van der Waals surface area contributed by atoms with Gasteiger partial charge in [0, 0.05) is 19.2 Å². The van der Waals surface area contributed by atoms with Crippen molar-refractivity contribution in [1.29, 1.82) is 0 Å². The van der Waals surface area contributed by atoms with E-state index >= 15 is 0 Å². The third-order valence-electron chi connectivity index (χ3n) is 4.07. The number of sulfonamides is 1. The summed E-state index contributed by atoms with van der Waals surface area (Å²) in [5, 5.41) is 9.03. The van der Waals surface area contributed by atoms with Gasteiger partial charge in [0.05, 0.1) is 28.9 Å². The van der Waals surface area contributed by atoms with Crippen LogP contribution in [0.1, 0.15) is 16.1 Å². The predicted molar refractivity (Wildman–Crippen MR) is 91.2 cm³/mol. The van der Waals surface area contributed by atoms with E-state index in [1.165, 1.54) is 25.2 Å². The van der Waals surface area contributed by atoms with Gasteiger partial charge in [-0.2, -0.15) is 17.5 Å². The molecule has 3 rings (SSSR count). The second kappa shape index (κ2) is 7.15. The zero-order valence-corrected chi connectivity index (χ0v) is 15.3. The van der Waals surface area contributed by atoms with Gasteiger partial charge < -0.3 is 9.84 Å². The summed E-state index contributed by atoms with van der Waals surface area (Å²) in [5.74, 6) is -1.36. The molecule has 11 heteroatoms. The molecule has 0 aliphatic carbocycles. The summed E-state index contributed by atoms with van der Waals surface area (Å²) < 4.78 is 71.3. The number of likely N-dealkylation sites (N-methyl/N-ethyl adjacent to an activating group) is 1. The standard InChI is InChI=1S/C17H15F3N2O5S/c1-22(8-12-9-27-12)28(25,26)13-6-10(5-11(7-13)17(18,19)20)14-3-2-4-15(21-14)16(23)24/h2-7,12H,8-9H2,1H3,(H,23,24)/t12-/m0/s1. The van der Waals surface area contributed by atoms with E-state index in [0.29, 0.717) is 12.7 Å². The SMILES string of the molecule is CN(C[C@H]1CO1)S(=O)(=O)c1cc(-c2cccc(C(=O)O)n2)cc(C(F)(F)F)c1. The van der Waals surface area contributed by atoms with Gasteiger partial charge in [0.1, 0.15) is 5.69 Å². The van der Waals surface area contributed by atoms with E-state index in [9.17, 15) is 26.4 Å². The minimum absolute atomic E-state index is 0.0145. The van der Waals surface area contributed by atoms with E-state index in [4.69, 9.17) is 9.84 Å². The van der Waals surface area contributed by atoms with Gasteiger partial charge in [-0.05, 0) is 30.3 Å². The van der Waals surface area contributed by atoms with Gasteiger partial charge in [-0.3, -0.25) is 0 Å². The molecule has 2 aromatic rings. The number of aromatic carboxylic acids is 1. The number of alkyl halides is 3. The maximum absolute atomic E-state index is 13.3. The number of rotatable bonds is 6. The predicted octanol–water partition coefficient (Wildman–Crippen LogP) is 2.48. The van der Waals surface area contributed by atoms with Crippen LogP contribution in [0.25, 0.3) is 11.3 Å². The van der Waals surface area contributed by atoms with Gasteiger partial charge in [0.2, 0.25) is 10.0 Å². The fourth-order valence-corrected chi connectivity index (χ4v) is 3.79. The highest BCUT2D eigenvalue weighted by Crippen LogP contribution is 2.35. The second-order valence-electron chi connectivity index (χ2n) is 6.20. The maximum Gasteiger partial charge on any atom is 0.416 e. The minimum atomic E-state index is -4.80. The molecular weight excluding hydrogens is 401 g/mol. The molecule has 1 atom stereocenters. The number of carboxylic acids is 1. The summed E-state index contributed by atoms with van der Waals surface area (Å²) in [6, 6.07) is 6.13. The van der Waals surface area contributed by atoms with E-state index in [1.54, 1.807) is 0 Å². The third kappa shape index (κ3) is 4.32. The molecule has 7 nitrogen and oxygen atoms in total. The van der Waals surface area contributed by atoms with Crippen LogP contribution in [0.3, 0.4) is 0 Å². The van der Waals surface area contributed by atoms with Crippen LogP contribution in [0.2, 0.25) is 0 Å². The summed E-state index contributed by atoms with van der Waals surface area (Å²) in [6.45, 7) is 0.403. The van der Waals surface area contributed by atoms with E-state index in [-0.39, 0.29) is 29.6 Å². The minimum Gasteiger partial charge on any atom is -0.477 e. The quantitative estimate of drug-likeness (QED) is 0.727. The number of hydrogen-bond acceptors (Lipinski definition) is 5. The third-order valence-corrected chi connectivity index (χ3v) is 5.87. The first kappa shape index (κ1) is 20.2. The molecule has 0 spiro atoms. The van der Waals surface area contributed by atoms with Crippen molar-refractivity contribution in [2.24, 2.45) is 0 Å². The molecule has 0 amide bonds. The van der Waals surface area contributed by atoms with Gasteiger partial charge in [-0.15, -0.1) is 0 Å². The van der Waals surface area contributed by atoms with Crippen LogP contribution in [0.4, 0.5) is 13.2 Å². The fourth-order valence-electron chi connectivity index (χ4n) is 2.51. The van der Waals surface area contributed by atoms with Gasteiger partial charge >= 0.3 is 12.1 Å². The fraction of sp³-hybridized carbons (Fsp3) is 0.294. The number of ether oxygens (including phenoxy) is 1. The monoisotopic (exact) mass is 416 g/mol. The van der Waals surface area contributed by atoms with Crippen LogP contribution in [-0.4, -0.2) is 55.1 Å². The Morgan fingerprint density at radius 3 is 2.57 bits per heavy atom. The largest absolute Gasteiger partial charge is 0.477 e. The molecule has 150 valence electrons. The van der Waals surface area contributed by atoms with Crippen LogP contribution in [-0.2, 0) is 20.9 Å². The highest BCUT2D eigenvalue weighted by Gasteiger charge is 2.35. The Kier molecular flexibility index (Phi) is 5.17. The number of aromatic nitrogens is 1. The van der Waals surface area contributed by atoms with Crippen LogP contribution in [0.5, 0.6) is 0 Å². The average Bonchev–Trinajstić information content (AvgIpc) is 3.44. The van der Waals surface area contributed by atoms with Gasteiger partial charge in [0.15, 0.2) is 0 Å². The molecule has 1 aromatic carbocycles. The first-order valence-electron chi connectivity index (χ1n) is 7.99. The lowest BCUT2D eigenvalue weighted by Crippen LogP contribution is -2.30. The molecule has 2 heterocycles. The summed E-state index contributed by atoms with van der Waals surface area (Å²) in [4.78, 5) is 14.3. The molecule has 1 fully saturated rings. The lowest BCUT2D eigenvalue weighted by molar-refractivity contribution is -0.137. The normalized spacial score (nSPS) is 17.0. The maximum atomic E-state index is 13.3. The van der Waals surface area contributed by atoms with Crippen LogP contribution >= 0.6 is 0 Å². The highest BCUT2D eigenvalue weighted by molar-refractivity contribution is 7.89. The molecule has 0 saturated carbocycles. The lowest BCUT2D eigenvalue weighted by atomic mass is 10.1. The molecule has 0 bridgehead atoms. The van der Waals surface area contributed by atoms with Gasteiger partial charge in [0.25, 0.3) is 0 Å². The molecule has 0 radical (unpaired) electrons. The first-order valence-corrected chi connectivity index (χ1v) is 9.43. The number of pyridine rings is 1. The first-order chi connectivity index (χ1) is 13.0. The van der Waals surface area contributed by atoms with Crippen molar-refractivity contribution in [3.63, 3.8) is 0 Å². The highest BCUT2D eigenvalue weighted by atomic mass is 32.2. The van der Waals surface area contributed by atoms with Crippen molar-refractivity contribution in [2.45, 2.75) is 17.2 Å². The van der Waals surface area contributed by atoms with Crippen molar-refractivity contribution in [2.75, 3.05) is 20.2 Å². The summed E-state index contributed by atoms with van der Waals surface area (Å²) in [7, 11) is -2.97. The molecule has 1 aliphatic heterocycles. The number of carboxylic acid groups (broad SMARTS) is 1. The van der Waals surface area contributed by atoms with E-state index < -0.39 is 32.6 Å². The lowest BCUT2D eigenvalue weighted by Gasteiger charge is -2.18. The second-order valence-corrected chi connectivity index (χ2v) is 8.24. The smallest absolute Gasteiger partial charge is 0.416 e. The Morgan fingerprint density at radius 2 is 2.00 bits per heavy atom. The Labute approximate surface area is 158 Å². The van der Waals surface area contributed by atoms with E-state index in [1.807, 2.05) is 0 Å². The Balaban J connectivity index is 2.12. The topological polar surface area (TPSA) is 100 Å². The summed E-state index contributed by atoms with van der Waals surface area (Å²) >= 11 is 0. The molecule has 1 saturated heterocycles. The van der Waals surface area contributed by atoms with Crippen molar-refractivity contribution in [1.82, 2.24) is 9.29 Å². The Morgan fingerprint density at radius 1 is 1.32 bits per heavy atom. The molecule has 0 unspecified atom stereocenters. The van der Waals surface area contributed by atoms with Crippen LogP contribution in [0.15, 0.2) is 41.3 Å². The number of carbonyl (C=O) groups is 1. The van der Waals surface area contributed by atoms with Crippen molar-refractivity contribution < 1.29 is 36.2 Å². The molecular formula is C17H15F3N2O5S. The van der Waals surface area contributed by atoms with Crippen molar-refractivity contribution in [3.05, 3.63) is 47.7 Å². The molecule has 1 N–H and O–H groups in total. The molecule has 28 heavy (non-hydrogen) atoms. The van der Waals surface area contributed by atoms with Crippen molar-refractivity contribution in [3.8, 4) is 11.3 Å². The Hall–Kier alpha value is -2.50. The zero-order valence-electron chi connectivity index (χ0n) is 14.5. The number of nitrogens with zero attached hydrogens (tertiary/aromatic N) is 2. The molecule has 1 aliphatic rings. The van der Waals surface area contributed by atoms with E-state index in [2.05, 4.69) is 4.98 Å². The number of hydrogen-bond donors (Lipinski definition) is 1. The summed E-state index contributed by atoms with van der Waals surface area (Å²) in [5.41, 5.74) is -1.80. The number of benzene rings is 1. The van der Waals surface area contributed by atoms with Crippen LogP contribution in [0, 0.1) is 0 Å². The van der Waals surface area contributed by atoms with Crippen molar-refractivity contribution >= 4 is 16.0 Å². The zero-order chi connectivity index (χ0) is 20.7. The number of halogens is 3. The summed E-state index contributed by atoms with van der Waals surface area (Å²) in [6.07, 6.45) is -5.08. The van der Waals surface area contributed by atoms with E-state index in [0.717, 1.165) is 16.4 Å².